The Morgan fingerprint density at radius 3 is 2.20 bits per heavy atom. The van der Waals surface area contributed by atoms with Gasteiger partial charge in [-0.3, -0.25) is 9.59 Å². The second-order valence-corrected chi connectivity index (χ2v) is 11.4. The molecule has 0 spiro atoms. The Hall–Kier alpha value is -1.95. The summed E-state index contributed by atoms with van der Waals surface area (Å²) in [6, 6.07) is 17.2. The number of anilines is 2. The summed E-state index contributed by atoms with van der Waals surface area (Å²) in [5.41, 5.74) is 2.99. The lowest BCUT2D eigenvalue weighted by Gasteiger charge is -2.15. The maximum absolute atomic E-state index is 13.0. The first-order valence-corrected chi connectivity index (χ1v) is 12.7. The maximum atomic E-state index is 13.0. The van der Waals surface area contributed by atoms with Gasteiger partial charge in [0.05, 0.1) is 16.5 Å². The highest BCUT2D eigenvalue weighted by Gasteiger charge is 2.67. The Bertz CT molecular complexity index is 1290. The summed E-state index contributed by atoms with van der Waals surface area (Å²) in [6.45, 7) is 4.09. The van der Waals surface area contributed by atoms with Crippen LogP contribution in [-0.4, -0.2) is 16.1 Å². The number of carbonyl (C=O) groups is 2. The van der Waals surface area contributed by atoms with Crippen molar-refractivity contribution in [1.82, 2.24) is 0 Å². The lowest BCUT2D eigenvalue weighted by Crippen LogP contribution is -2.18. The van der Waals surface area contributed by atoms with Crippen LogP contribution in [0.1, 0.15) is 47.2 Å². The average Bonchev–Trinajstić information content (AvgIpc) is 3.36. The van der Waals surface area contributed by atoms with Gasteiger partial charge in [-0.15, -0.1) is 23.2 Å². The average molecular weight is 571 g/mol. The molecule has 35 heavy (non-hydrogen) atoms. The van der Waals surface area contributed by atoms with Crippen LogP contribution in [0.5, 0.6) is 0 Å². The molecule has 4 rings (SSSR count). The minimum Gasteiger partial charge on any atom is -0.326 e. The fourth-order valence-electron chi connectivity index (χ4n) is 4.12. The van der Waals surface area contributed by atoms with Gasteiger partial charge in [0, 0.05) is 27.3 Å². The lowest BCUT2D eigenvalue weighted by molar-refractivity contribution is -0.117. The molecule has 1 saturated carbocycles. The van der Waals surface area contributed by atoms with Crippen molar-refractivity contribution in [3.05, 3.63) is 92.4 Å². The highest BCUT2D eigenvalue weighted by Crippen LogP contribution is 2.65. The van der Waals surface area contributed by atoms with E-state index in [1.54, 1.807) is 30.3 Å². The van der Waals surface area contributed by atoms with Gasteiger partial charge < -0.3 is 10.6 Å². The van der Waals surface area contributed by atoms with Crippen LogP contribution < -0.4 is 10.6 Å². The second kappa shape index (κ2) is 10.2. The number of carbonyl (C=O) groups excluding carboxylic acids is 2. The quantitative estimate of drug-likeness (QED) is 0.292. The molecule has 3 aromatic rings. The van der Waals surface area contributed by atoms with Gasteiger partial charge in [-0.2, -0.15) is 0 Å². The van der Waals surface area contributed by atoms with E-state index in [1.165, 1.54) is 6.07 Å². The first kappa shape index (κ1) is 26.1. The maximum Gasteiger partial charge on any atom is 0.257 e. The number of para-hydroxylation sites is 1. The molecule has 182 valence electrons. The van der Waals surface area contributed by atoms with Crippen LogP contribution in [0.15, 0.2) is 60.7 Å². The summed E-state index contributed by atoms with van der Waals surface area (Å²) in [5, 5.41) is 6.81. The van der Waals surface area contributed by atoms with Gasteiger partial charge in [-0.1, -0.05) is 66.8 Å². The first-order valence-electron chi connectivity index (χ1n) is 10.8. The van der Waals surface area contributed by atoms with Gasteiger partial charge in [0.1, 0.15) is 4.33 Å². The summed E-state index contributed by atoms with van der Waals surface area (Å²) in [6.07, 6.45) is 0. The van der Waals surface area contributed by atoms with Crippen LogP contribution in [0, 0.1) is 5.92 Å². The van der Waals surface area contributed by atoms with Gasteiger partial charge >= 0.3 is 0 Å². The second-order valence-electron chi connectivity index (χ2n) is 8.71. The molecule has 0 saturated heterocycles. The summed E-state index contributed by atoms with van der Waals surface area (Å²) in [7, 11) is 0. The van der Waals surface area contributed by atoms with Crippen LogP contribution in [0.4, 0.5) is 11.4 Å². The number of amides is 2. The molecule has 1 aliphatic carbocycles. The van der Waals surface area contributed by atoms with E-state index in [1.807, 2.05) is 38.1 Å². The zero-order valence-corrected chi connectivity index (χ0v) is 22.5. The molecular formula is C26H21Cl5N2O2. The summed E-state index contributed by atoms with van der Waals surface area (Å²) >= 11 is 31.4. The predicted octanol–water partition coefficient (Wildman–Crippen LogP) is 8.55. The smallest absolute Gasteiger partial charge is 0.257 e. The van der Waals surface area contributed by atoms with Crippen LogP contribution >= 0.6 is 58.0 Å². The Morgan fingerprint density at radius 1 is 0.886 bits per heavy atom. The summed E-state index contributed by atoms with van der Waals surface area (Å²) in [5.74, 6) is -1.77. The van der Waals surface area contributed by atoms with Crippen molar-refractivity contribution in [2.45, 2.75) is 30.0 Å². The van der Waals surface area contributed by atoms with E-state index in [4.69, 9.17) is 58.0 Å². The molecule has 4 nitrogen and oxygen atoms in total. The van der Waals surface area contributed by atoms with E-state index in [-0.39, 0.29) is 22.4 Å². The van der Waals surface area contributed by atoms with Crippen LogP contribution in [0.25, 0.3) is 0 Å². The normalized spacial score (nSPS) is 18.3. The third kappa shape index (κ3) is 5.58. The van der Waals surface area contributed by atoms with Crippen molar-refractivity contribution in [3.8, 4) is 0 Å². The minimum atomic E-state index is -1.31. The van der Waals surface area contributed by atoms with Crippen LogP contribution in [0.2, 0.25) is 15.1 Å². The number of nitrogens with one attached hydrogen (secondary N) is 2. The highest BCUT2D eigenvalue weighted by molar-refractivity contribution is 6.53. The zero-order valence-electron chi connectivity index (χ0n) is 18.7. The molecule has 2 N–H and O–H groups in total. The number of hydrogen-bond donors (Lipinski definition) is 2. The van der Waals surface area contributed by atoms with E-state index >= 15 is 0 Å². The SMILES string of the molecule is CC(C)c1ccccc1NC(=O)c1cc(NC(=O)[C@@H]2[C@@H](c3cc(Cl)cc(Cl)c3)C2(Cl)Cl)ccc1Cl. The molecule has 0 bridgehead atoms. The highest BCUT2D eigenvalue weighted by atomic mass is 35.5. The van der Waals surface area contributed by atoms with E-state index in [9.17, 15) is 9.59 Å². The topological polar surface area (TPSA) is 58.2 Å². The number of rotatable bonds is 6. The molecule has 0 unspecified atom stereocenters. The molecule has 0 heterocycles. The van der Waals surface area contributed by atoms with E-state index in [0.29, 0.717) is 27.0 Å². The standard InChI is InChI=1S/C26H21Cl5N2O2/c1-13(2)18-5-3-4-6-21(18)33-24(34)19-12-17(7-8-20(19)29)32-25(35)23-22(26(23,30)31)14-9-15(27)11-16(28)10-14/h3-13,22-23H,1-2H3,(H,32,35)(H,33,34)/t22-,23+/m1/s1. The molecule has 1 aliphatic rings. The first-order chi connectivity index (χ1) is 16.5. The van der Waals surface area contributed by atoms with Gasteiger partial charge in [-0.05, 0) is 59.5 Å². The molecular weight excluding hydrogens is 550 g/mol. The molecule has 2 atom stereocenters. The number of hydrogen-bond acceptors (Lipinski definition) is 2. The van der Waals surface area contributed by atoms with Crippen molar-refractivity contribution in [2.24, 2.45) is 5.92 Å². The lowest BCUT2D eigenvalue weighted by atomic mass is 10.0. The van der Waals surface area contributed by atoms with E-state index in [2.05, 4.69) is 10.6 Å². The number of benzene rings is 3. The monoisotopic (exact) mass is 568 g/mol. The van der Waals surface area contributed by atoms with Crippen molar-refractivity contribution >= 4 is 81.2 Å². The largest absolute Gasteiger partial charge is 0.326 e. The van der Waals surface area contributed by atoms with Crippen molar-refractivity contribution in [3.63, 3.8) is 0 Å². The molecule has 9 heteroatoms. The van der Waals surface area contributed by atoms with Gasteiger partial charge in [-0.25, -0.2) is 0 Å². The van der Waals surface area contributed by atoms with Crippen molar-refractivity contribution in [2.75, 3.05) is 10.6 Å². The molecule has 3 aromatic carbocycles. The third-order valence-corrected chi connectivity index (χ3v) is 7.60. The van der Waals surface area contributed by atoms with E-state index < -0.39 is 22.1 Å². The molecule has 0 aliphatic heterocycles. The van der Waals surface area contributed by atoms with E-state index in [0.717, 1.165) is 5.56 Å². The Balaban J connectivity index is 1.52. The molecule has 1 fully saturated rings. The van der Waals surface area contributed by atoms with Crippen molar-refractivity contribution < 1.29 is 9.59 Å². The predicted molar refractivity (Wildman–Crippen MR) is 146 cm³/mol. The fourth-order valence-corrected chi connectivity index (χ4v) is 5.70. The Morgan fingerprint density at radius 2 is 1.54 bits per heavy atom. The number of alkyl halides is 2. The van der Waals surface area contributed by atoms with Crippen LogP contribution in [-0.2, 0) is 4.79 Å². The minimum absolute atomic E-state index is 0.222. The fraction of sp³-hybridized carbons (Fsp3) is 0.231. The molecule has 0 radical (unpaired) electrons. The van der Waals surface area contributed by atoms with Gasteiger partial charge in [0.25, 0.3) is 5.91 Å². The van der Waals surface area contributed by atoms with Gasteiger partial charge in [0.15, 0.2) is 0 Å². The zero-order chi connectivity index (χ0) is 25.5. The van der Waals surface area contributed by atoms with Gasteiger partial charge in [0.2, 0.25) is 5.91 Å². The molecule has 0 aromatic heterocycles. The summed E-state index contributed by atoms with van der Waals surface area (Å²) in [4.78, 5) is 26.1. The third-order valence-electron chi connectivity index (χ3n) is 5.89. The Labute approximate surface area is 228 Å². The Kier molecular flexibility index (Phi) is 7.61. The van der Waals surface area contributed by atoms with Crippen LogP contribution in [0.3, 0.4) is 0 Å². The summed E-state index contributed by atoms with van der Waals surface area (Å²) < 4.78 is -1.31. The number of halogens is 5. The molecule has 2 amide bonds. The van der Waals surface area contributed by atoms with Crippen molar-refractivity contribution in [1.29, 1.82) is 0 Å².